The fourth-order valence-electron chi connectivity index (χ4n) is 1.58. The Balaban J connectivity index is 2.15. The monoisotopic (exact) mass is 263 g/mol. The molecule has 94 valence electrons. The minimum Gasteiger partial charge on any atom is -0.493 e. The van der Waals surface area contributed by atoms with Crippen molar-refractivity contribution in [2.75, 3.05) is 12.8 Å². The van der Waals surface area contributed by atoms with Gasteiger partial charge in [-0.25, -0.2) is 0 Å². The molecule has 0 aliphatic heterocycles. The first kappa shape index (κ1) is 12.6. The molecule has 0 aliphatic rings. The molecule has 4 heteroatoms. The molecule has 0 radical (unpaired) electrons. The molecule has 2 aromatic carbocycles. The van der Waals surface area contributed by atoms with Gasteiger partial charge in [0.25, 0.3) is 0 Å². The van der Waals surface area contributed by atoms with Crippen molar-refractivity contribution in [2.45, 2.75) is 6.61 Å². The molecule has 0 aromatic heterocycles. The summed E-state index contributed by atoms with van der Waals surface area (Å²) in [7, 11) is 1.59. The highest BCUT2D eigenvalue weighted by Gasteiger charge is 2.06. The molecule has 0 atom stereocenters. The van der Waals surface area contributed by atoms with Crippen LogP contribution >= 0.6 is 11.6 Å². The molecule has 0 aliphatic carbocycles. The molecule has 0 unspecified atom stereocenters. The molecule has 0 fully saturated rings. The lowest BCUT2D eigenvalue weighted by Gasteiger charge is -2.12. The number of nitrogens with two attached hydrogens (primary N) is 1. The molecular weight excluding hydrogens is 250 g/mol. The maximum atomic E-state index is 6.06. The molecule has 0 heterocycles. The van der Waals surface area contributed by atoms with Crippen molar-refractivity contribution in [3.05, 3.63) is 53.1 Å². The van der Waals surface area contributed by atoms with Crippen LogP contribution in [-0.2, 0) is 6.61 Å². The van der Waals surface area contributed by atoms with Gasteiger partial charge in [-0.1, -0.05) is 29.8 Å². The second-order valence-electron chi connectivity index (χ2n) is 3.79. The van der Waals surface area contributed by atoms with E-state index < -0.39 is 0 Å². The second kappa shape index (κ2) is 5.65. The van der Waals surface area contributed by atoms with Crippen LogP contribution in [-0.4, -0.2) is 7.11 Å². The smallest absolute Gasteiger partial charge is 0.163 e. The number of methoxy groups -OCH3 is 1. The fraction of sp³-hybridized carbons (Fsp3) is 0.143. The Hall–Kier alpha value is -1.87. The summed E-state index contributed by atoms with van der Waals surface area (Å²) in [5.74, 6) is 1.26. The van der Waals surface area contributed by atoms with Gasteiger partial charge in [0, 0.05) is 22.3 Å². The molecule has 2 rings (SSSR count). The number of hydrogen-bond donors (Lipinski definition) is 1. The minimum atomic E-state index is 0.374. The lowest BCUT2D eigenvalue weighted by molar-refractivity contribution is 0.285. The normalized spacial score (nSPS) is 10.1. The summed E-state index contributed by atoms with van der Waals surface area (Å²) in [5.41, 5.74) is 7.27. The fourth-order valence-corrected chi connectivity index (χ4v) is 1.77. The number of ether oxygens (including phenoxy) is 2. The zero-order chi connectivity index (χ0) is 13.0. The van der Waals surface area contributed by atoms with Gasteiger partial charge in [-0.2, -0.15) is 0 Å². The Labute approximate surface area is 111 Å². The van der Waals surface area contributed by atoms with E-state index >= 15 is 0 Å². The van der Waals surface area contributed by atoms with E-state index in [1.54, 1.807) is 25.3 Å². The van der Waals surface area contributed by atoms with Crippen molar-refractivity contribution in [2.24, 2.45) is 0 Å². The topological polar surface area (TPSA) is 44.5 Å². The number of hydrogen-bond acceptors (Lipinski definition) is 3. The summed E-state index contributed by atoms with van der Waals surface area (Å²) in [4.78, 5) is 0. The standard InChI is InChI=1S/C14H14ClNO2/c1-17-13-7-6-11(16)8-14(13)18-9-10-4-2-3-5-12(10)15/h2-8H,9,16H2,1H3. The lowest BCUT2D eigenvalue weighted by Crippen LogP contribution is -1.99. The maximum Gasteiger partial charge on any atom is 0.163 e. The van der Waals surface area contributed by atoms with Crippen molar-refractivity contribution in [3.8, 4) is 11.5 Å². The lowest BCUT2D eigenvalue weighted by atomic mass is 10.2. The van der Waals surface area contributed by atoms with Crippen LogP contribution in [0.3, 0.4) is 0 Å². The van der Waals surface area contributed by atoms with Crippen molar-refractivity contribution in [1.82, 2.24) is 0 Å². The summed E-state index contributed by atoms with van der Waals surface area (Å²) in [6.45, 7) is 0.374. The molecule has 2 N–H and O–H groups in total. The average Bonchev–Trinajstić information content (AvgIpc) is 2.38. The molecule has 0 spiro atoms. The number of anilines is 1. The Morgan fingerprint density at radius 2 is 1.89 bits per heavy atom. The van der Waals surface area contributed by atoms with Crippen molar-refractivity contribution >= 4 is 17.3 Å². The number of nitrogen functional groups attached to an aromatic ring is 1. The highest BCUT2D eigenvalue weighted by Crippen LogP contribution is 2.30. The quantitative estimate of drug-likeness (QED) is 0.859. The predicted octanol–water partition coefficient (Wildman–Crippen LogP) is 3.51. The van der Waals surface area contributed by atoms with E-state index in [0.29, 0.717) is 28.8 Å². The molecule has 0 bridgehead atoms. The highest BCUT2D eigenvalue weighted by atomic mass is 35.5. The molecule has 0 amide bonds. The van der Waals surface area contributed by atoms with Crippen LogP contribution in [0.1, 0.15) is 5.56 Å². The maximum absolute atomic E-state index is 6.06. The van der Waals surface area contributed by atoms with Crippen LogP contribution in [0.15, 0.2) is 42.5 Å². The zero-order valence-electron chi connectivity index (χ0n) is 10.0. The molecule has 0 saturated carbocycles. The molecule has 3 nitrogen and oxygen atoms in total. The summed E-state index contributed by atoms with van der Waals surface area (Å²) < 4.78 is 10.9. The first-order chi connectivity index (χ1) is 8.70. The molecule has 2 aromatic rings. The molecular formula is C14H14ClNO2. The Bertz CT molecular complexity index is 543. The van der Waals surface area contributed by atoms with E-state index in [-0.39, 0.29) is 0 Å². The van der Waals surface area contributed by atoms with Crippen LogP contribution < -0.4 is 15.2 Å². The van der Waals surface area contributed by atoms with Gasteiger partial charge >= 0.3 is 0 Å². The first-order valence-electron chi connectivity index (χ1n) is 5.50. The average molecular weight is 264 g/mol. The van der Waals surface area contributed by atoms with Gasteiger partial charge in [-0.3, -0.25) is 0 Å². The van der Waals surface area contributed by atoms with Crippen LogP contribution in [0.2, 0.25) is 5.02 Å². The number of benzene rings is 2. The van der Waals surface area contributed by atoms with Crippen LogP contribution in [0.4, 0.5) is 5.69 Å². The third-order valence-electron chi connectivity index (χ3n) is 2.53. The largest absolute Gasteiger partial charge is 0.493 e. The van der Waals surface area contributed by atoms with Crippen LogP contribution in [0.25, 0.3) is 0 Å². The zero-order valence-corrected chi connectivity index (χ0v) is 10.8. The minimum absolute atomic E-state index is 0.374. The van der Waals surface area contributed by atoms with Gasteiger partial charge < -0.3 is 15.2 Å². The van der Waals surface area contributed by atoms with Gasteiger partial charge in [0.05, 0.1) is 7.11 Å². The summed E-state index contributed by atoms with van der Waals surface area (Å²) in [6.07, 6.45) is 0. The van der Waals surface area contributed by atoms with Gasteiger partial charge in [-0.05, 0) is 18.2 Å². The number of halogens is 1. The summed E-state index contributed by atoms with van der Waals surface area (Å²) >= 11 is 6.06. The molecule has 0 saturated heterocycles. The van der Waals surface area contributed by atoms with E-state index in [9.17, 15) is 0 Å². The van der Waals surface area contributed by atoms with Gasteiger partial charge in [-0.15, -0.1) is 0 Å². The van der Waals surface area contributed by atoms with E-state index in [0.717, 1.165) is 5.56 Å². The van der Waals surface area contributed by atoms with E-state index in [1.165, 1.54) is 0 Å². The third-order valence-corrected chi connectivity index (χ3v) is 2.90. The van der Waals surface area contributed by atoms with Crippen molar-refractivity contribution in [3.63, 3.8) is 0 Å². The van der Waals surface area contributed by atoms with E-state index in [1.807, 2.05) is 24.3 Å². The SMILES string of the molecule is COc1ccc(N)cc1OCc1ccccc1Cl. The van der Waals surface area contributed by atoms with Crippen molar-refractivity contribution < 1.29 is 9.47 Å². The highest BCUT2D eigenvalue weighted by molar-refractivity contribution is 6.31. The Morgan fingerprint density at radius 3 is 2.61 bits per heavy atom. The number of rotatable bonds is 4. The van der Waals surface area contributed by atoms with Crippen LogP contribution in [0, 0.1) is 0 Å². The van der Waals surface area contributed by atoms with Gasteiger partial charge in [0.2, 0.25) is 0 Å². The van der Waals surface area contributed by atoms with Crippen molar-refractivity contribution in [1.29, 1.82) is 0 Å². The summed E-state index contributed by atoms with van der Waals surface area (Å²) in [5, 5.41) is 0.681. The second-order valence-corrected chi connectivity index (χ2v) is 4.20. The van der Waals surface area contributed by atoms with Crippen LogP contribution in [0.5, 0.6) is 11.5 Å². The molecule has 18 heavy (non-hydrogen) atoms. The van der Waals surface area contributed by atoms with E-state index in [4.69, 9.17) is 26.8 Å². The Kier molecular flexibility index (Phi) is 3.95. The first-order valence-corrected chi connectivity index (χ1v) is 5.88. The third kappa shape index (κ3) is 2.87. The van der Waals surface area contributed by atoms with Gasteiger partial charge in [0.1, 0.15) is 6.61 Å². The summed E-state index contributed by atoms with van der Waals surface area (Å²) in [6, 6.07) is 12.8. The Morgan fingerprint density at radius 1 is 1.11 bits per heavy atom. The van der Waals surface area contributed by atoms with E-state index in [2.05, 4.69) is 0 Å². The van der Waals surface area contributed by atoms with Gasteiger partial charge in [0.15, 0.2) is 11.5 Å². The predicted molar refractivity (Wildman–Crippen MR) is 73.2 cm³/mol.